The molecule has 1 N–H and O–H groups in total. The molecule has 206 valence electrons. The van der Waals surface area contributed by atoms with E-state index in [4.69, 9.17) is 23.2 Å². The van der Waals surface area contributed by atoms with Gasteiger partial charge in [-0.05, 0) is 48.2 Å². The molecular weight excluding hydrogens is 554 g/mol. The van der Waals surface area contributed by atoms with E-state index < -0.39 is 11.9 Å². The van der Waals surface area contributed by atoms with Crippen LogP contribution >= 0.6 is 35.0 Å². The van der Waals surface area contributed by atoms with Crippen LogP contribution in [0.25, 0.3) is 0 Å². The number of carbonyl (C=O) groups is 2. The van der Waals surface area contributed by atoms with Crippen molar-refractivity contribution in [2.45, 2.75) is 62.9 Å². The first-order chi connectivity index (χ1) is 18.9. The summed E-state index contributed by atoms with van der Waals surface area (Å²) < 4.78 is 14.3. The number of rotatable bonds is 11. The number of benzene rings is 3. The van der Waals surface area contributed by atoms with Crippen molar-refractivity contribution in [2.24, 2.45) is 0 Å². The molecule has 1 saturated carbocycles. The van der Waals surface area contributed by atoms with Gasteiger partial charge < -0.3 is 10.2 Å². The second-order valence-electron chi connectivity index (χ2n) is 9.89. The Kier molecular flexibility index (Phi) is 11.1. The van der Waals surface area contributed by atoms with Gasteiger partial charge in [-0.3, -0.25) is 9.59 Å². The van der Waals surface area contributed by atoms with Gasteiger partial charge in [0.2, 0.25) is 11.8 Å². The Hall–Kier alpha value is -2.54. The number of halogens is 3. The number of amides is 2. The summed E-state index contributed by atoms with van der Waals surface area (Å²) in [6, 6.07) is 21.0. The summed E-state index contributed by atoms with van der Waals surface area (Å²) in [6.07, 6.45) is 5.65. The van der Waals surface area contributed by atoms with Gasteiger partial charge in [0.05, 0.1) is 5.75 Å². The predicted molar refractivity (Wildman–Crippen MR) is 159 cm³/mol. The maximum Gasteiger partial charge on any atom is 0.243 e. The molecular formula is C31H33Cl2FN2O2S. The van der Waals surface area contributed by atoms with Crippen molar-refractivity contribution < 1.29 is 14.0 Å². The Morgan fingerprint density at radius 3 is 2.38 bits per heavy atom. The maximum absolute atomic E-state index is 14.3. The van der Waals surface area contributed by atoms with Crippen LogP contribution < -0.4 is 5.32 Å². The third-order valence-corrected chi connectivity index (χ3v) is 8.53. The lowest BCUT2D eigenvalue weighted by molar-refractivity contribution is -0.139. The van der Waals surface area contributed by atoms with E-state index in [-0.39, 0.29) is 35.9 Å². The predicted octanol–water partition coefficient (Wildman–Crippen LogP) is 7.45. The maximum atomic E-state index is 14.3. The summed E-state index contributed by atoms with van der Waals surface area (Å²) in [5.41, 5.74) is 2.17. The van der Waals surface area contributed by atoms with Gasteiger partial charge in [-0.1, -0.05) is 91.0 Å². The molecule has 3 aromatic rings. The smallest absolute Gasteiger partial charge is 0.243 e. The zero-order chi connectivity index (χ0) is 27.6. The first kappa shape index (κ1) is 29.4. The van der Waals surface area contributed by atoms with Gasteiger partial charge in [0.1, 0.15) is 11.9 Å². The van der Waals surface area contributed by atoms with Crippen molar-refractivity contribution in [2.75, 3.05) is 5.75 Å². The van der Waals surface area contributed by atoms with E-state index in [1.165, 1.54) is 24.2 Å². The summed E-state index contributed by atoms with van der Waals surface area (Å²) in [5.74, 6) is -0.421. The molecule has 2 amide bonds. The van der Waals surface area contributed by atoms with E-state index in [2.05, 4.69) is 5.32 Å². The first-order valence-corrected chi connectivity index (χ1v) is 15.2. The fraction of sp³-hybridized carbons (Fsp3) is 0.355. The Bertz CT molecular complexity index is 1230. The van der Waals surface area contributed by atoms with Crippen molar-refractivity contribution in [3.8, 4) is 0 Å². The zero-order valence-electron chi connectivity index (χ0n) is 21.8. The highest BCUT2D eigenvalue weighted by Crippen LogP contribution is 2.25. The molecule has 0 heterocycles. The number of hydrogen-bond acceptors (Lipinski definition) is 3. The molecule has 1 aliphatic carbocycles. The van der Waals surface area contributed by atoms with Crippen LogP contribution in [0.3, 0.4) is 0 Å². The summed E-state index contributed by atoms with van der Waals surface area (Å²) in [5, 5.41) is 4.13. The molecule has 1 fully saturated rings. The van der Waals surface area contributed by atoms with Crippen molar-refractivity contribution in [3.63, 3.8) is 0 Å². The number of thioether (sulfide) groups is 1. The minimum absolute atomic E-state index is 0.0766. The highest BCUT2D eigenvalue weighted by atomic mass is 35.5. The lowest BCUT2D eigenvalue weighted by atomic mass is 9.94. The monoisotopic (exact) mass is 586 g/mol. The number of nitrogens with zero attached hydrogens (tertiary/aromatic N) is 1. The molecule has 0 aromatic heterocycles. The molecule has 3 aromatic carbocycles. The fourth-order valence-electron chi connectivity index (χ4n) is 4.92. The second kappa shape index (κ2) is 14.7. The molecule has 8 heteroatoms. The number of carbonyl (C=O) groups excluding carboxylic acids is 2. The highest BCUT2D eigenvalue weighted by molar-refractivity contribution is 7.99. The molecule has 0 radical (unpaired) electrons. The molecule has 1 aliphatic rings. The number of hydrogen-bond donors (Lipinski definition) is 1. The third-order valence-electron chi connectivity index (χ3n) is 7.00. The molecule has 39 heavy (non-hydrogen) atoms. The Morgan fingerprint density at radius 2 is 1.67 bits per heavy atom. The van der Waals surface area contributed by atoms with Crippen LogP contribution in [0, 0.1) is 5.82 Å². The topological polar surface area (TPSA) is 49.4 Å². The highest BCUT2D eigenvalue weighted by Gasteiger charge is 2.32. The average molecular weight is 588 g/mol. The van der Waals surface area contributed by atoms with E-state index in [0.717, 1.165) is 36.8 Å². The van der Waals surface area contributed by atoms with Gasteiger partial charge in [-0.25, -0.2) is 4.39 Å². The van der Waals surface area contributed by atoms with E-state index in [9.17, 15) is 14.0 Å². The minimum atomic E-state index is -0.710. The van der Waals surface area contributed by atoms with Gasteiger partial charge in [0, 0.05) is 40.4 Å². The summed E-state index contributed by atoms with van der Waals surface area (Å²) in [7, 11) is 0. The molecule has 0 spiro atoms. The molecule has 0 aliphatic heterocycles. The summed E-state index contributed by atoms with van der Waals surface area (Å²) >= 11 is 13.7. The third kappa shape index (κ3) is 8.72. The molecule has 0 bridgehead atoms. The van der Waals surface area contributed by atoms with Gasteiger partial charge >= 0.3 is 0 Å². The Balaban J connectivity index is 1.58. The molecule has 1 atom stereocenters. The van der Waals surface area contributed by atoms with Crippen LogP contribution in [0.2, 0.25) is 10.0 Å². The van der Waals surface area contributed by atoms with Gasteiger partial charge in [-0.2, -0.15) is 0 Å². The van der Waals surface area contributed by atoms with Crippen LogP contribution in [0.15, 0.2) is 72.8 Å². The minimum Gasteiger partial charge on any atom is -0.352 e. The molecule has 4 rings (SSSR count). The van der Waals surface area contributed by atoms with Crippen molar-refractivity contribution >= 4 is 46.8 Å². The van der Waals surface area contributed by atoms with Crippen LogP contribution in [0.1, 0.15) is 48.8 Å². The van der Waals surface area contributed by atoms with E-state index in [0.29, 0.717) is 22.0 Å². The van der Waals surface area contributed by atoms with Crippen LogP contribution in [-0.4, -0.2) is 34.6 Å². The average Bonchev–Trinajstić information content (AvgIpc) is 2.93. The number of nitrogens with one attached hydrogen (secondary N) is 1. The van der Waals surface area contributed by atoms with E-state index in [1.54, 1.807) is 23.1 Å². The quantitative estimate of drug-likeness (QED) is 0.254. The van der Waals surface area contributed by atoms with E-state index >= 15 is 0 Å². The fourth-order valence-corrected chi connectivity index (χ4v) is 6.39. The van der Waals surface area contributed by atoms with E-state index in [1.807, 2.05) is 48.5 Å². The van der Waals surface area contributed by atoms with Crippen molar-refractivity contribution in [1.29, 1.82) is 0 Å². The zero-order valence-corrected chi connectivity index (χ0v) is 24.1. The summed E-state index contributed by atoms with van der Waals surface area (Å²) in [4.78, 5) is 29.2. The molecule has 0 saturated heterocycles. The normalized spacial score (nSPS) is 14.5. The van der Waals surface area contributed by atoms with Gasteiger partial charge in [-0.15, -0.1) is 11.8 Å². The summed E-state index contributed by atoms with van der Waals surface area (Å²) in [6.45, 7) is 0.232. The SMILES string of the molecule is O=C(NC1CCCCC1)C(Cc1ccccc1)N(Cc1cccc(Cl)c1)C(=O)CSCc1c(F)cccc1Cl. The molecule has 1 unspecified atom stereocenters. The van der Waals surface area contributed by atoms with Crippen LogP contribution in [0.4, 0.5) is 4.39 Å². The Labute approximate surface area is 244 Å². The molecule has 4 nitrogen and oxygen atoms in total. The lowest BCUT2D eigenvalue weighted by Gasteiger charge is -2.33. The van der Waals surface area contributed by atoms with Gasteiger partial charge in [0.15, 0.2) is 0 Å². The largest absolute Gasteiger partial charge is 0.352 e. The lowest BCUT2D eigenvalue weighted by Crippen LogP contribution is -2.53. The van der Waals surface area contributed by atoms with Crippen LogP contribution in [-0.2, 0) is 28.3 Å². The van der Waals surface area contributed by atoms with Crippen LogP contribution in [0.5, 0.6) is 0 Å². The van der Waals surface area contributed by atoms with Crippen molar-refractivity contribution in [3.05, 3.63) is 105 Å². The van der Waals surface area contributed by atoms with Gasteiger partial charge in [0.25, 0.3) is 0 Å². The second-order valence-corrected chi connectivity index (χ2v) is 11.7. The Morgan fingerprint density at radius 1 is 0.949 bits per heavy atom. The standard InChI is InChI=1S/C31H33Cl2FN2O2S/c32-24-12-7-11-23(17-24)19-36(30(37)21-39-20-26-27(33)15-8-16-28(26)34)29(18-22-9-3-1-4-10-22)31(38)35-25-13-5-2-6-14-25/h1,3-4,7-12,15-17,25,29H,2,5-6,13-14,18-21H2,(H,35,38). The van der Waals surface area contributed by atoms with Crippen molar-refractivity contribution in [1.82, 2.24) is 10.2 Å². The first-order valence-electron chi connectivity index (χ1n) is 13.3.